The van der Waals surface area contributed by atoms with E-state index in [1.165, 1.54) is 5.56 Å². The molecule has 1 aliphatic carbocycles. The summed E-state index contributed by atoms with van der Waals surface area (Å²) >= 11 is 0. The van der Waals surface area contributed by atoms with Crippen molar-refractivity contribution in [3.8, 4) is 11.9 Å². The van der Waals surface area contributed by atoms with Crippen molar-refractivity contribution in [2.24, 2.45) is 0 Å². The first-order valence-corrected chi connectivity index (χ1v) is 10.4. The van der Waals surface area contributed by atoms with E-state index in [0.29, 0.717) is 5.56 Å². The zero-order valence-corrected chi connectivity index (χ0v) is 17.3. The Morgan fingerprint density at radius 3 is 2.33 bits per heavy atom. The number of nitriles is 1. The normalized spacial score (nSPS) is 15.9. The van der Waals surface area contributed by atoms with Gasteiger partial charge in [0.1, 0.15) is 11.9 Å². The van der Waals surface area contributed by atoms with Gasteiger partial charge in [0.05, 0.1) is 11.3 Å². The van der Waals surface area contributed by atoms with Crippen LogP contribution in [0.4, 0.5) is 11.6 Å². The number of piperazine rings is 1. The van der Waals surface area contributed by atoms with E-state index in [4.69, 9.17) is 4.98 Å². The Hall–Kier alpha value is -3.47. The Bertz CT molecular complexity index is 1120. The fourth-order valence-electron chi connectivity index (χ4n) is 4.39. The third-order valence-corrected chi connectivity index (χ3v) is 5.92. The van der Waals surface area contributed by atoms with Gasteiger partial charge in [-0.2, -0.15) is 10.4 Å². The van der Waals surface area contributed by atoms with Crippen LogP contribution >= 0.6 is 0 Å². The van der Waals surface area contributed by atoms with Crippen LogP contribution in [0.2, 0.25) is 0 Å². The maximum Gasteiger partial charge on any atom is 0.176 e. The molecule has 0 amide bonds. The summed E-state index contributed by atoms with van der Waals surface area (Å²) in [4.78, 5) is 9.31. The number of nitrogens with zero attached hydrogens (tertiary/aromatic N) is 8. The molecule has 0 aromatic carbocycles. The summed E-state index contributed by atoms with van der Waals surface area (Å²) in [6, 6.07) is 10.4. The van der Waals surface area contributed by atoms with Crippen molar-refractivity contribution in [1.29, 1.82) is 5.26 Å². The Balaban J connectivity index is 1.30. The highest BCUT2D eigenvalue weighted by atomic mass is 15.4. The zero-order chi connectivity index (χ0) is 20.7. The number of aromatic nitrogens is 5. The van der Waals surface area contributed by atoms with Crippen LogP contribution in [0, 0.1) is 25.2 Å². The fraction of sp³-hybridized carbons (Fsp3) is 0.409. The number of pyridine rings is 1. The molecule has 30 heavy (non-hydrogen) atoms. The Labute approximate surface area is 175 Å². The molecule has 1 aliphatic heterocycles. The molecule has 4 heterocycles. The minimum Gasteiger partial charge on any atom is -0.352 e. The topological polar surface area (TPSA) is 86.8 Å². The van der Waals surface area contributed by atoms with E-state index >= 15 is 0 Å². The first-order chi connectivity index (χ1) is 14.6. The van der Waals surface area contributed by atoms with Crippen molar-refractivity contribution in [3.05, 3.63) is 52.5 Å². The first-order valence-electron chi connectivity index (χ1n) is 10.4. The largest absolute Gasteiger partial charge is 0.352 e. The van der Waals surface area contributed by atoms with Crippen LogP contribution in [0.1, 0.15) is 34.6 Å². The predicted molar refractivity (Wildman–Crippen MR) is 114 cm³/mol. The molecule has 0 spiro atoms. The highest BCUT2D eigenvalue weighted by Crippen LogP contribution is 2.28. The molecule has 3 aromatic rings. The van der Waals surface area contributed by atoms with Crippen LogP contribution in [0.15, 0.2) is 24.3 Å². The van der Waals surface area contributed by atoms with Crippen LogP contribution in [0.3, 0.4) is 0 Å². The van der Waals surface area contributed by atoms with Crippen molar-refractivity contribution in [2.75, 3.05) is 36.0 Å². The molecule has 0 N–H and O–H groups in total. The lowest BCUT2D eigenvalue weighted by Crippen LogP contribution is -2.47. The third-order valence-electron chi connectivity index (χ3n) is 5.92. The predicted octanol–water partition coefficient (Wildman–Crippen LogP) is 2.36. The summed E-state index contributed by atoms with van der Waals surface area (Å²) in [5.41, 5.74) is 5.10. The molecule has 0 atom stereocenters. The van der Waals surface area contributed by atoms with E-state index in [-0.39, 0.29) is 0 Å². The second kappa shape index (κ2) is 7.41. The van der Waals surface area contributed by atoms with Gasteiger partial charge in [-0.05, 0) is 62.9 Å². The second-order valence-electron chi connectivity index (χ2n) is 7.99. The van der Waals surface area contributed by atoms with Crippen LogP contribution < -0.4 is 9.80 Å². The minimum absolute atomic E-state index is 0.693. The van der Waals surface area contributed by atoms with Gasteiger partial charge in [0.15, 0.2) is 11.6 Å². The average molecular weight is 400 g/mol. The average Bonchev–Trinajstić information content (AvgIpc) is 3.38. The van der Waals surface area contributed by atoms with E-state index in [1.807, 2.05) is 42.8 Å². The lowest BCUT2D eigenvalue weighted by Gasteiger charge is -2.36. The molecule has 152 valence electrons. The van der Waals surface area contributed by atoms with Crippen molar-refractivity contribution in [3.63, 3.8) is 0 Å². The Morgan fingerprint density at radius 1 is 0.933 bits per heavy atom. The van der Waals surface area contributed by atoms with Crippen molar-refractivity contribution in [1.82, 2.24) is 25.0 Å². The molecule has 8 nitrogen and oxygen atoms in total. The molecule has 0 radical (unpaired) electrons. The van der Waals surface area contributed by atoms with Crippen LogP contribution in [-0.4, -0.2) is 51.1 Å². The Kier molecular flexibility index (Phi) is 4.58. The number of rotatable bonds is 3. The van der Waals surface area contributed by atoms with E-state index in [0.717, 1.165) is 80.0 Å². The molecule has 0 saturated carbocycles. The van der Waals surface area contributed by atoms with Gasteiger partial charge in [-0.1, -0.05) is 0 Å². The summed E-state index contributed by atoms with van der Waals surface area (Å²) in [6.07, 6.45) is 3.19. The van der Waals surface area contributed by atoms with Gasteiger partial charge in [-0.3, -0.25) is 0 Å². The van der Waals surface area contributed by atoms with E-state index in [9.17, 15) is 5.26 Å². The molecule has 1 fully saturated rings. The van der Waals surface area contributed by atoms with Crippen LogP contribution in [0.5, 0.6) is 0 Å². The third kappa shape index (κ3) is 3.26. The van der Waals surface area contributed by atoms with Crippen molar-refractivity contribution < 1.29 is 0 Å². The van der Waals surface area contributed by atoms with E-state index < -0.39 is 0 Å². The summed E-state index contributed by atoms with van der Waals surface area (Å²) in [5, 5.41) is 22.9. The molecule has 1 saturated heterocycles. The molecular weight excluding hydrogens is 376 g/mol. The molecular formula is C22H24N8. The standard InChI is InChI=1S/C22H24N8/c1-15-12-16(2)30(27-15)21-7-6-20(25-26-21)28-8-10-29(11-9-28)22-18(14-23)13-17-4-3-5-19(17)24-22/h6-7,12-13H,3-5,8-11H2,1-2H3. The number of hydrogen-bond acceptors (Lipinski definition) is 7. The monoisotopic (exact) mass is 400 g/mol. The van der Waals surface area contributed by atoms with Gasteiger partial charge in [-0.15, -0.1) is 10.2 Å². The molecule has 2 aliphatic rings. The van der Waals surface area contributed by atoms with E-state index in [2.05, 4.69) is 31.2 Å². The smallest absolute Gasteiger partial charge is 0.176 e. The summed E-state index contributed by atoms with van der Waals surface area (Å²) in [5.74, 6) is 2.43. The van der Waals surface area contributed by atoms with Crippen molar-refractivity contribution in [2.45, 2.75) is 33.1 Å². The van der Waals surface area contributed by atoms with Gasteiger partial charge in [-0.25, -0.2) is 9.67 Å². The summed E-state index contributed by atoms with van der Waals surface area (Å²) in [6.45, 7) is 7.23. The summed E-state index contributed by atoms with van der Waals surface area (Å²) in [7, 11) is 0. The first kappa shape index (κ1) is 18.6. The van der Waals surface area contributed by atoms with Gasteiger partial charge >= 0.3 is 0 Å². The van der Waals surface area contributed by atoms with Crippen LogP contribution in [-0.2, 0) is 12.8 Å². The maximum absolute atomic E-state index is 9.60. The summed E-state index contributed by atoms with van der Waals surface area (Å²) < 4.78 is 1.81. The van der Waals surface area contributed by atoms with E-state index in [1.54, 1.807) is 0 Å². The zero-order valence-electron chi connectivity index (χ0n) is 17.3. The van der Waals surface area contributed by atoms with Gasteiger partial charge in [0.25, 0.3) is 0 Å². The SMILES string of the molecule is Cc1cc(C)n(-c2ccc(N3CCN(c4nc5c(cc4C#N)CCC5)CC3)nn2)n1. The lowest BCUT2D eigenvalue weighted by molar-refractivity contribution is 0.635. The molecule has 0 bridgehead atoms. The molecule has 5 rings (SSSR count). The number of aryl methyl sites for hydroxylation is 4. The number of fused-ring (bicyclic) bond motifs is 1. The number of hydrogen-bond donors (Lipinski definition) is 0. The second-order valence-corrected chi connectivity index (χ2v) is 7.99. The highest BCUT2D eigenvalue weighted by Gasteiger charge is 2.24. The van der Waals surface area contributed by atoms with Gasteiger partial charge < -0.3 is 9.80 Å². The number of anilines is 2. The van der Waals surface area contributed by atoms with Gasteiger partial charge in [0, 0.05) is 37.6 Å². The van der Waals surface area contributed by atoms with Gasteiger partial charge in [0.2, 0.25) is 0 Å². The Morgan fingerprint density at radius 2 is 1.67 bits per heavy atom. The van der Waals surface area contributed by atoms with Crippen LogP contribution in [0.25, 0.3) is 5.82 Å². The highest BCUT2D eigenvalue weighted by molar-refractivity contribution is 5.58. The molecule has 3 aromatic heterocycles. The van der Waals surface area contributed by atoms with Crippen molar-refractivity contribution >= 4 is 11.6 Å². The molecule has 0 unspecified atom stereocenters. The molecule has 8 heteroatoms. The fourth-order valence-corrected chi connectivity index (χ4v) is 4.39. The minimum atomic E-state index is 0.693. The quantitative estimate of drug-likeness (QED) is 0.667. The maximum atomic E-state index is 9.60. The lowest BCUT2D eigenvalue weighted by atomic mass is 10.1.